The second-order valence-corrected chi connectivity index (χ2v) is 3.96. The van der Waals surface area contributed by atoms with Crippen molar-refractivity contribution in [1.82, 2.24) is 0 Å². The number of hydrogen-bond acceptors (Lipinski definition) is 3. The predicted molar refractivity (Wildman–Crippen MR) is 56.9 cm³/mol. The van der Waals surface area contributed by atoms with Gasteiger partial charge in [0.25, 0.3) is 5.69 Å². The minimum atomic E-state index is -1.08. The molecule has 1 N–H and O–H groups in total. The van der Waals surface area contributed by atoms with Gasteiger partial charge in [0.1, 0.15) is 0 Å². The molecule has 15 heavy (non-hydrogen) atoms. The van der Waals surface area contributed by atoms with Gasteiger partial charge >= 0.3 is 5.97 Å². The average molecular weight is 274 g/mol. The number of aliphatic carboxylic acids is 1. The van der Waals surface area contributed by atoms with Crippen LogP contribution in [0, 0.1) is 17.0 Å². The quantitative estimate of drug-likeness (QED) is 0.677. The lowest BCUT2D eigenvalue weighted by Gasteiger charge is -2.04. The van der Waals surface area contributed by atoms with Crippen LogP contribution in [0.25, 0.3) is 0 Å². The number of carbonyl (C=O) groups is 1. The highest BCUT2D eigenvalue weighted by molar-refractivity contribution is 9.10. The lowest BCUT2D eigenvalue weighted by atomic mass is 10.0. The third-order valence-electron chi connectivity index (χ3n) is 1.94. The van der Waals surface area contributed by atoms with E-state index in [0.29, 0.717) is 10.0 Å². The molecule has 0 bridgehead atoms. The van der Waals surface area contributed by atoms with Crippen LogP contribution >= 0.6 is 15.9 Å². The summed E-state index contributed by atoms with van der Waals surface area (Å²) in [5.74, 6) is -1.08. The van der Waals surface area contributed by atoms with E-state index in [9.17, 15) is 14.9 Å². The molecule has 0 unspecified atom stereocenters. The number of rotatable bonds is 3. The smallest absolute Gasteiger partial charge is 0.308 e. The van der Waals surface area contributed by atoms with E-state index in [1.165, 1.54) is 6.07 Å². The molecule has 1 aromatic rings. The SMILES string of the molecule is Cc1cc(Br)cc([N+](=O)[O-])c1CC(=O)O. The first kappa shape index (κ1) is 11.6. The summed E-state index contributed by atoms with van der Waals surface area (Å²) in [6.45, 7) is 1.65. The lowest BCUT2D eigenvalue weighted by Crippen LogP contribution is -2.05. The van der Waals surface area contributed by atoms with Crippen molar-refractivity contribution in [1.29, 1.82) is 0 Å². The zero-order valence-corrected chi connectivity index (χ0v) is 9.44. The molecular formula is C9H8BrNO4. The summed E-state index contributed by atoms with van der Waals surface area (Å²) in [6.07, 6.45) is -0.338. The van der Waals surface area contributed by atoms with Gasteiger partial charge in [0, 0.05) is 16.1 Å². The van der Waals surface area contributed by atoms with E-state index in [2.05, 4.69) is 15.9 Å². The fraction of sp³-hybridized carbons (Fsp3) is 0.222. The minimum absolute atomic E-state index is 0.163. The molecule has 1 aromatic carbocycles. The molecule has 0 spiro atoms. The Balaban J connectivity index is 3.33. The van der Waals surface area contributed by atoms with E-state index < -0.39 is 10.9 Å². The molecule has 0 aromatic heterocycles. The number of aryl methyl sites for hydroxylation is 1. The zero-order valence-electron chi connectivity index (χ0n) is 7.86. The van der Waals surface area contributed by atoms with Crippen molar-refractivity contribution < 1.29 is 14.8 Å². The summed E-state index contributed by atoms with van der Waals surface area (Å²) in [5.41, 5.74) is 0.679. The molecular weight excluding hydrogens is 266 g/mol. The lowest BCUT2D eigenvalue weighted by molar-refractivity contribution is -0.385. The topological polar surface area (TPSA) is 80.4 Å². The monoisotopic (exact) mass is 273 g/mol. The van der Waals surface area contributed by atoms with Crippen LogP contribution in [0.15, 0.2) is 16.6 Å². The van der Waals surface area contributed by atoms with Gasteiger partial charge in [-0.3, -0.25) is 14.9 Å². The van der Waals surface area contributed by atoms with Crippen molar-refractivity contribution in [3.63, 3.8) is 0 Å². The van der Waals surface area contributed by atoms with Crippen LogP contribution in [0.3, 0.4) is 0 Å². The van der Waals surface area contributed by atoms with Gasteiger partial charge in [-0.15, -0.1) is 0 Å². The number of nitro benzene ring substituents is 1. The second kappa shape index (κ2) is 4.39. The van der Waals surface area contributed by atoms with Crippen LogP contribution in [0.1, 0.15) is 11.1 Å². The van der Waals surface area contributed by atoms with Gasteiger partial charge in [-0.05, 0) is 18.6 Å². The Labute approximate surface area is 94.0 Å². The first-order chi connectivity index (χ1) is 6.91. The Morgan fingerprint density at radius 3 is 2.67 bits per heavy atom. The molecule has 6 heteroatoms. The number of hydrogen-bond donors (Lipinski definition) is 1. The fourth-order valence-corrected chi connectivity index (χ4v) is 1.86. The van der Waals surface area contributed by atoms with Crippen LogP contribution in [0.4, 0.5) is 5.69 Å². The molecule has 0 saturated heterocycles. The van der Waals surface area contributed by atoms with Crippen LogP contribution < -0.4 is 0 Å². The number of halogens is 1. The van der Waals surface area contributed by atoms with Crippen molar-refractivity contribution in [3.8, 4) is 0 Å². The van der Waals surface area contributed by atoms with E-state index in [1.807, 2.05) is 0 Å². The molecule has 0 aliphatic heterocycles. The average Bonchev–Trinajstić information content (AvgIpc) is 2.08. The van der Waals surface area contributed by atoms with E-state index >= 15 is 0 Å². The Hall–Kier alpha value is -1.43. The number of benzene rings is 1. The molecule has 0 aliphatic rings. The van der Waals surface area contributed by atoms with E-state index in [1.54, 1.807) is 13.0 Å². The summed E-state index contributed by atoms with van der Waals surface area (Å²) >= 11 is 3.13. The summed E-state index contributed by atoms with van der Waals surface area (Å²) in [6, 6.07) is 2.97. The standard InChI is InChI=1S/C9H8BrNO4/c1-5-2-6(10)3-8(11(14)15)7(5)4-9(12)13/h2-3H,4H2,1H3,(H,12,13). The van der Waals surface area contributed by atoms with Crippen molar-refractivity contribution in [2.75, 3.05) is 0 Å². The summed E-state index contributed by atoms with van der Waals surface area (Å²) < 4.78 is 0.570. The normalized spacial score (nSPS) is 10.0. The fourth-order valence-electron chi connectivity index (χ4n) is 1.30. The Bertz CT molecular complexity index is 430. The number of nitro groups is 1. The third kappa shape index (κ3) is 2.76. The van der Waals surface area contributed by atoms with Gasteiger partial charge in [-0.1, -0.05) is 15.9 Å². The van der Waals surface area contributed by atoms with Crippen LogP contribution in [0.5, 0.6) is 0 Å². The molecule has 0 fully saturated rings. The Kier molecular flexibility index (Phi) is 3.41. The maximum absolute atomic E-state index is 10.7. The zero-order chi connectivity index (χ0) is 11.6. The molecule has 0 atom stereocenters. The maximum atomic E-state index is 10.7. The summed E-state index contributed by atoms with van der Waals surface area (Å²) in [5, 5.41) is 19.3. The van der Waals surface area contributed by atoms with Gasteiger partial charge < -0.3 is 5.11 Å². The van der Waals surface area contributed by atoms with Gasteiger partial charge in [-0.25, -0.2) is 0 Å². The third-order valence-corrected chi connectivity index (χ3v) is 2.40. The van der Waals surface area contributed by atoms with Crippen molar-refractivity contribution in [2.45, 2.75) is 13.3 Å². The molecule has 0 radical (unpaired) electrons. The molecule has 0 saturated carbocycles. The molecule has 0 aliphatic carbocycles. The van der Waals surface area contributed by atoms with Gasteiger partial charge in [0.2, 0.25) is 0 Å². The summed E-state index contributed by atoms with van der Waals surface area (Å²) in [7, 11) is 0. The molecule has 80 valence electrons. The highest BCUT2D eigenvalue weighted by Gasteiger charge is 2.19. The van der Waals surface area contributed by atoms with Crippen molar-refractivity contribution in [2.24, 2.45) is 0 Å². The van der Waals surface area contributed by atoms with E-state index in [-0.39, 0.29) is 17.7 Å². The minimum Gasteiger partial charge on any atom is -0.481 e. The van der Waals surface area contributed by atoms with Gasteiger partial charge in [0.05, 0.1) is 11.3 Å². The number of nitrogens with zero attached hydrogens (tertiary/aromatic N) is 1. The maximum Gasteiger partial charge on any atom is 0.308 e. The van der Waals surface area contributed by atoms with Crippen molar-refractivity contribution in [3.05, 3.63) is 37.8 Å². The highest BCUT2D eigenvalue weighted by atomic mass is 79.9. The Morgan fingerprint density at radius 2 is 2.20 bits per heavy atom. The van der Waals surface area contributed by atoms with Crippen LogP contribution in [-0.4, -0.2) is 16.0 Å². The molecule has 0 heterocycles. The van der Waals surface area contributed by atoms with Crippen LogP contribution in [-0.2, 0) is 11.2 Å². The largest absolute Gasteiger partial charge is 0.481 e. The van der Waals surface area contributed by atoms with Crippen LogP contribution in [0.2, 0.25) is 0 Å². The molecule has 1 rings (SSSR count). The summed E-state index contributed by atoms with van der Waals surface area (Å²) in [4.78, 5) is 20.7. The second-order valence-electron chi connectivity index (χ2n) is 3.05. The Morgan fingerprint density at radius 1 is 1.60 bits per heavy atom. The number of carboxylic acid groups (broad SMARTS) is 1. The molecule has 0 amide bonds. The molecule has 5 nitrogen and oxygen atoms in total. The number of carboxylic acids is 1. The van der Waals surface area contributed by atoms with E-state index in [4.69, 9.17) is 5.11 Å². The van der Waals surface area contributed by atoms with Gasteiger partial charge in [0.15, 0.2) is 0 Å². The van der Waals surface area contributed by atoms with E-state index in [0.717, 1.165) is 0 Å². The predicted octanol–water partition coefficient (Wildman–Crippen LogP) is 2.29. The van der Waals surface area contributed by atoms with Gasteiger partial charge in [-0.2, -0.15) is 0 Å². The first-order valence-corrected chi connectivity index (χ1v) is 4.86. The first-order valence-electron chi connectivity index (χ1n) is 4.07. The van der Waals surface area contributed by atoms with Crippen molar-refractivity contribution >= 4 is 27.6 Å². The highest BCUT2D eigenvalue weighted by Crippen LogP contribution is 2.27.